The Bertz CT molecular complexity index is 2230. The molecule has 1 aliphatic carbocycles. The topological polar surface area (TPSA) is 81.5 Å². The number of esters is 1. The number of carbonyl (C=O) groups excluding carboxylic acids is 2. The third kappa shape index (κ3) is 9.62. The van der Waals surface area contributed by atoms with E-state index in [2.05, 4.69) is 4.98 Å². The van der Waals surface area contributed by atoms with Gasteiger partial charge in [0.05, 0.1) is 21.9 Å². The second kappa shape index (κ2) is 16.4. The maximum absolute atomic E-state index is 14.6. The number of nitrogens with zero attached hydrogens (tertiary/aromatic N) is 3. The van der Waals surface area contributed by atoms with Gasteiger partial charge in [0.2, 0.25) is 5.91 Å². The SMILES string of the molecule is CC(C)(C)OC(=O)C1CCC(N(Cc2ccc(-c3ccc(C(F)(F)F)cc3)cc2)C(=O)Cn2c(SCc3cccc(F)c3F)cc(=O)c3cccnc32)CC1. The number of ether oxygens (including phenoxy) is 1. The van der Waals surface area contributed by atoms with Crippen molar-refractivity contribution in [2.75, 3.05) is 0 Å². The van der Waals surface area contributed by atoms with Crippen LogP contribution in [0, 0.1) is 17.6 Å². The molecule has 6 rings (SSSR count). The van der Waals surface area contributed by atoms with E-state index in [1.165, 1.54) is 36.5 Å². The fourth-order valence-corrected chi connectivity index (χ4v) is 7.79. The predicted octanol–water partition coefficient (Wildman–Crippen LogP) is 9.58. The minimum Gasteiger partial charge on any atom is -0.460 e. The minimum absolute atomic E-state index is 0.0146. The van der Waals surface area contributed by atoms with Crippen LogP contribution in [0.3, 0.4) is 0 Å². The molecule has 13 heteroatoms. The summed E-state index contributed by atoms with van der Waals surface area (Å²) in [5.41, 5.74) is 0.740. The standard InChI is InChI=1S/C42H40F5N3O4S/c1-41(2,3)54-40(53)29-15-19-32(20-16-29)49(23-26-9-11-27(12-10-26)28-13-17-31(18-14-28)42(45,46)47)36(52)24-50-37(22-35(51)33-7-5-21-48-39(33)50)55-25-30-6-4-8-34(43)38(30)44/h4-14,17-18,21-22,29,32H,15-16,19-20,23-25H2,1-3H3. The number of carbonyl (C=O) groups is 2. The first kappa shape index (κ1) is 39.6. The summed E-state index contributed by atoms with van der Waals surface area (Å²) in [7, 11) is 0. The van der Waals surface area contributed by atoms with Gasteiger partial charge in [0, 0.05) is 36.2 Å². The van der Waals surface area contributed by atoms with Crippen molar-refractivity contribution in [3.05, 3.63) is 130 Å². The minimum atomic E-state index is -4.44. The number of hydrogen-bond donors (Lipinski definition) is 0. The molecule has 55 heavy (non-hydrogen) atoms. The molecular formula is C42H40F5N3O4S. The lowest BCUT2D eigenvalue weighted by molar-refractivity contribution is -0.161. The average molecular weight is 778 g/mol. The molecule has 0 atom stereocenters. The number of hydrogen-bond acceptors (Lipinski definition) is 6. The van der Waals surface area contributed by atoms with Gasteiger partial charge in [0.15, 0.2) is 17.1 Å². The number of pyridine rings is 2. The van der Waals surface area contributed by atoms with Crippen LogP contribution in [0.15, 0.2) is 101 Å². The highest BCUT2D eigenvalue weighted by atomic mass is 32.2. The smallest absolute Gasteiger partial charge is 0.416 e. The van der Waals surface area contributed by atoms with Crippen molar-refractivity contribution in [2.24, 2.45) is 5.92 Å². The number of aromatic nitrogens is 2. The number of benzene rings is 3. The molecule has 0 aliphatic heterocycles. The summed E-state index contributed by atoms with van der Waals surface area (Å²) >= 11 is 1.09. The lowest BCUT2D eigenvalue weighted by Gasteiger charge is -2.37. The molecule has 2 aromatic heterocycles. The normalized spacial score (nSPS) is 16.2. The first-order valence-electron chi connectivity index (χ1n) is 17.9. The van der Waals surface area contributed by atoms with Crippen molar-refractivity contribution >= 4 is 34.7 Å². The van der Waals surface area contributed by atoms with Crippen LogP contribution in [-0.4, -0.2) is 38.0 Å². The highest BCUT2D eigenvalue weighted by Crippen LogP contribution is 2.34. The molecule has 0 bridgehead atoms. The molecule has 1 amide bonds. The summed E-state index contributed by atoms with van der Waals surface area (Å²) in [5, 5.41) is 0.641. The Morgan fingerprint density at radius 3 is 2.18 bits per heavy atom. The Morgan fingerprint density at radius 1 is 0.891 bits per heavy atom. The van der Waals surface area contributed by atoms with E-state index in [-0.39, 0.29) is 59.3 Å². The Morgan fingerprint density at radius 2 is 1.55 bits per heavy atom. The van der Waals surface area contributed by atoms with Gasteiger partial charge in [-0.2, -0.15) is 13.2 Å². The number of halogens is 5. The molecule has 1 fully saturated rings. The van der Waals surface area contributed by atoms with Gasteiger partial charge in [-0.25, -0.2) is 13.8 Å². The van der Waals surface area contributed by atoms with Crippen LogP contribution in [0.4, 0.5) is 22.0 Å². The second-order valence-electron chi connectivity index (χ2n) is 14.6. The summed E-state index contributed by atoms with van der Waals surface area (Å²) in [6.45, 7) is 5.41. The number of rotatable bonds is 10. The molecule has 3 aromatic carbocycles. The van der Waals surface area contributed by atoms with Gasteiger partial charge >= 0.3 is 12.1 Å². The zero-order valence-corrected chi connectivity index (χ0v) is 31.4. The predicted molar refractivity (Wildman–Crippen MR) is 201 cm³/mol. The Hall–Kier alpha value is -5.04. The highest BCUT2D eigenvalue weighted by molar-refractivity contribution is 7.98. The molecule has 5 aromatic rings. The number of fused-ring (bicyclic) bond motifs is 1. The molecule has 0 unspecified atom stereocenters. The van der Waals surface area contributed by atoms with Crippen LogP contribution in [-0.2, 0) is 39.3 Å². The Balaban J connectivity index is 1.29. The van der Waals surface area contributed by atoms with Crippen LogP contribution in [0.25, 0.3) is 22.2 Å². The molecule has 0 radical (unpaired) electrons. The van der Waals surface area contributed by atoms with Crippen molar-refractivity contribution in [3.8, 4) is 11.1 Å². The molecule has 0 spiro atoms. The third-order valence-corrected chi connectivity index (χ3v) is 10.7. The molecule has 7 nitrogen and oxygen atoms in total. The molecule has 0 N–H and O–H groups in total. The average Bonchev–Trinajstić information content (AvgIpc) is 3.15. The van der Waals surface area contributed by atoms with Crippen molar-refractivity contribution in [3.63, 3.8) is 0 Å². The van der Waals surface area contributed by atoms with Crippen LogP contribution in [0.5, 0.6) is 0 Å². The summed E-state index contributed by atoms with van der Waals surface area (Å²) in [4.78, 5) is 46.9. The lowest BCUT2D eigenvalue weighted by Crippen LogP contribution is -2.44. The maximum atomic E-state index is 14.6. The summed E-state index contributed by atoms with van der Waals surface area (Å²) in [6.07, 6.45) is -0.845. The van der Waals surface area contributed by atoms with Crippen molar-refractivity contribution < 1.29 is 36.3 Å². The fourth-order valence-electron chi connectivity index (χ4n) is 6.77. The van der Waals surface area contributed by atoms with Crippen molar-refractivity contribution in [1.82, 2.24) is 14.5 Å². The van der Waals surface area contributed by atoms with Gasteiger partial charge in [-0.05, 0) is 93.5 Å². The van der Waals surface area contributed by atoms with Gasteiger partial charge in [0.25, 0.3) is 0 Å². The summed E-state index contributed by atoms with van der Waals surface area (Å²) in [5.74, 6) is -2.87. The molecule has 0 saturated heterocycles. The van der Waals surface area contributed by atoms with Crippen molar-refractivity contribution in [2.45, 2.75) is 88.1 Å². The van der Waals surface area contributed by atoms with Crippen LogP contribution >= 0.6 is 11.8 Å². The summed E-state index contributed by atoms with van der Waals surface area (Å²) < 4.78 is 75.3. The van der Waals surface area contributed by atoms with Gasteiger partial charge in [0.1, 0.15) is 17.8 Å². The van der Waals surface area contributed by atoms with Gasteiger partial charge < -0.3 is 14.2 Å². The third-order valence-electron chi connectivity index (χ3n) is 9.58. The lowest BCUT2D eigenvalue weighted by atomic mass is 9.85. The zero-order chi connectivity index (χ0) is 39.5. The van der Waals surface area contributed by atoms with Crippen LogP contribution in [0.1, 0.15) is 63.1 Å². The Labute approximate surface area is 319 Å². The van der Waals surface area contributed by atoms with Gasteiger partial charge in [-0.1, -0.05) is 48.5 Å². The van der Waals surface area contributed by atoms with E-state index in [9.17, 15) is 36.3 Å². The van der Waals surface area contributed by atoms with E-state index < -0.39 is 29.0 Å². The molecular weight excluding hydrogens is 738 g/mol. The number of alkyl halides is 3. The molecule has 2 heterocycles. The van der Waals surface area contributed by atoms with E-state index in [1.807, 2.05) is 32.9 Å². The first-order valence-corrected chi connectivity index (χ1v) is 18.9. The Kier molecular flexibility index (Phi) is 11.8. The number of thioether (sulfide) groups is 1. The monoisotopic (exact) mass is 777 g/mol. The van der Waals surface area contributed by atoms with Crippen molar-refractivity contribution in [1.29, 1.82) is 0 Å². The van der Waals surface area contributed by atoms with Crippen LogP contribution < -0.4 is 5.43 Å². The van der Waals surface area contributed by atoms with E-state index in [1.54, 1.807) is 33.7 Å². The molecule has 288 valence electrons. The van der Waals surface area contributed by atoms with E-state index in [0.29, 0.717) is 47.2 Å². The summed E-state index contributed by atoms with van der Waals surface area (Å²) in [6, 6.07) is 20.4. The zero-order valence-electron chi connectivity index (χ0n) is 30.5. The van der Waals surface area contributed by atoms with Gasteiger partial charge in [-0.15, -0.1) is 11.8 Å². The maximum Gasteiger partial charge on any atom is 0.416 e. The van der Waals surface area contributed by atoms with E-state index in [4.69, 9.17) is 4.74 Å². The number of amides is 1. The fraction of sp³-hybridized carbons (Fsp3) is 0.333. The first-order chi connectivity index (χ1) is 26.1. The molecule has 1 saturated carbocycles. The van der Waals surface area contributed by atoms with Crippen LogP contribution in [0.2, 0.25) is 0 Å². The highest BCUT2D eigenvalue weighted by Gasteiger charge is 2.34. The molecule has 1 aliphatic rings. The second-order valence-corrected chi connectivity index (χ2v) is 15.6. The quantitative estimate of drug-likeness (QED) is 0.0799. The van der Waals surface area contributed by atoms with Gasteiger partial charge in [-0.3, -0.25) is 14.4 Å². The van der Waals surface area contributed by atoms with E-state index in [0.717, 1.165) is 35.5 Å². The largest absolute Gasteiger partial charge is 0.460 e. The van der Waals surface area contributed by atoms with E-state index >= 15 is 0 Å².